The highest BCUT2D eigenvalue weighted by atomic mass is 79.9. The second-order valence-corrected chi connectivity index (χ2v) is 8.16. The summed E-state index contributed by atoms with van der Waals surface area (Å²) in [7, 11) is -3.46. The first kappa shape index (κ1) is 16.6. The Bertz CT molecular complexity index is 699. The summed E-state index contributed by atoms with van der Waals surface area (Å²) in [5, 5.41) is 4.86. The highest BCUT2D eigenvalue weighted by Crippen LogP contribution is 2.19. The molecule has 1 aromatic carbocycles. The monoisotopic (exact) mass is 388 g/mol. The molecule has 2 N–H and O–H groups in total. The Balaban J connectivity index is 2.02. The summed E-state index contributed by atoms with van der Waals surface area (Å²) in [6.07, 6.45) is 0. The Morgan fingerprint density at radius 1 is 1.24 bits per heavy atom. The molecular formula is C14H17BrN2O2S2. The molecule has 0 aliphatic carbocycles. The molecule has 0 aliphatic heterocycles. The fourth-order valence-electron chi connectivity index (χ4n) is 1.75. The van der Waals surface area contributed by atoms with Gasteiger partial charge in [0.1, 0.15) is 0 Å². The molecule has 1 aromatic heterocycles. The summed E-state index contributed by atoms with van der Waals surface area (Å²) in [4.78, 5) is 1.34. The lowest BCUT2D eigenvalue weighted by Gasteiger charge is -2.05. The molecule has 0 bridgehead atoms. The fourth-order valence-corrected chi connectivity index (χ4v) is 4.46. The van der Waals surface area contributed by atoms with Crippen molar-refractivity contribution in [2.24, 2.45) is 0 Å². The maximum absolute atomic E-state index is 12.2. The topological polar surface area (TPSA) is 58.2 Å². The van der Waals surface area contributed by atoms with Gasteiger partial charge in [-0.1, -0.05) is 35.0 Å². The lowest BCUT2D eigenvalue weighted by atomic mass is 10.2. The van der Waals surface area contributed by atoms with E-state index in [4.69, 9.17) is 0 Å². The molecule has 0 atom stereocenters. The van der Waals surface area contributed by atoms with Crippen LogP contribution in [0.25, 0.3) is 0 Å². The van der Waals surface area contributed by atoms with Gasteiger partial charge in [-0.2, -0.15) is 0 Å². The number of sulfonamides is 1. The number of thiophene rings is 1. The van der Waals surface area contributed by atoms with Crippen LogP contribution in [0.15, 0.2) is 45.1 Å². The van der Waals surface area contributed by atoms with E-state index < -0.39 is 10.0 Å². The molecule has 0 spiro atoms. The number of hydrogen-bond donors (Lipinski definition) is 2. The number of hydrogen-bond acceptors (Lipinski definition) is 4. The van der Waals surface area contributed by atoms with E-state index in [9.17, 15) is 8.42 Å². The van der Waals surface area contributed by atoms with Gasteiger partial charge in [0.15, 0.2) is 0 Å². The third kappa shape index (κ3) is 4.89. The van der Waals surface area contributed by atoms with E-state index in [1.165, 1.54) is 11.3 Å². The van der Waals surface area contributed by atoms with E-state index in [0.717, 1.165) is 21.5 Å². The first-order valence-electron chi connectivity index (χ1n) is 6.53. The molecule has 7 heteroatoms. The summed E-state index contributed by atoms with van der Waals surface area (Å²) in [5.74, 6) is 0. The van der Waals surface area contributed by atoms with Crippen LogP contribution in [-0.2, 0) is 23.1 Å². The van der Waals surface area contributed by atoms with Gasteiger partial charge in [-0.25, -0.2) is 13.1 Å². The molecule has 2 rings (SSSR count). The molecule has 21 heavy (non-hydrogen) atoms. The van der Waals surface area contributed by atoms with E-state index in [1.807, 2.05) is 31.2 Å². The van der Waals surface area contributed by atoms with E-state index >= 15 is 0 Å². The van der Waals surface area contributed by atoms with Crippen molar-refractivity contribution in [2.75, 3.05) is 6.54 Å². The third-order valence-electron chi connectivity index (χ3n) is 2.84. The van der Waals surface area contributed by atoms with Crippen molar-refractivity contribution in [1.29, 1.82) is 0 Å². The van der Waals surface area contributed by atoms with Crippen molar-refractivity contribution in [3.8, 4) is 0 Å². The maximum Gasteiger partial charge on any atom is 0.241 e. The lowest BCUT2D eigenvalue weighted by Crippen LogP contribution is -2.22. The zero-order chi connectivity index (χ0) is 15.3. The van der Waals surface area contributed by atoms with Gasteiger partial charge >= 0.3 is 0 Å². The molecule has 0 amide bonds. The quantitative estimate of drug-likeness (QED) is 0.765. The van der Waals surface area contributed by atoms with Crippen molar-refractivity contribution in [3.05, 3.63) is 50.6 Å². The van der Waals surface area contributed by atoms with Crippen LogP contribution in [0, 0.1) is 0 Å². The van der Waals surface area contributed by atoms with Crippen LogP contribution >= 0.6 is 27.3 Å². The van der Waals surface area contributed by atoms with Gasteiger partial charge in [-0.3, -0.25) is 0 Å². The summed E-state index contributed by atoms with van der Waals surface area (Å²) in [5.41, 5.74) is 0.913. The summed E-state index contributed by atoms with van der Waals surface area (Å²) in [6, 6.07) is 9.29. The van der Waals surface area contributed by atoms with Crippen LogP contribution in [0.3, 0.4) is 0 Å². The van der Waals surface area contributed by atoms with Crippen LogP contribution in [0.5, 0.6) is 0 Å². The van der Waals surface area contributed by atoms with Crippen LogP contribution in [-0.4, -0.2) is 15.0 Å². The van der Waals surface area contributed by atoms with Gasteiger partial charge in [0, 0.05) is 27.8 Å². The van der Waals surface area contributed by atoms with Crippen molar-refractivity contribution < 1.29 is 8.42 Å². The van der Waals surface area contributed by atoms with Crippen molar-refractivity contribution in [1.82, 2.24) is 10.0 Å². The molecule has 0 saturated heterocycles. The van der Waals surface area contributed by atoms with E-state index in [1.54, 1.807) is 11.4 Å². The Morgan fingerprint density at radius 2 is 2.05 bits per heavy atom. The minimum atomic E-state index is -3.46. The SMILES string of the molecule is CCNCc1cc(S(=O)(=O)NCc2cccc(Br)c2)cs1. The van der Waals surface area contributed by atoms with Gasteiger partial charge < -0.3 is 5.32 Å². The molecule has 0 aliphatic rings. The standard InChI is InChI=1S/C14H17BrN2O2S2/c1-2-16-9-13-7-14(10-20-13)21(18,19)17-8-11-4-3-5-12(15)6-11/h3-7,10,16-17H,2,8-9H2,1H3. The minimum absolute atomic E-state index is 0.278. The largest absolute Gasteiger partial charge is 0.312 e. The number of nitrogens with one attached hydrogen (secondary N) is 2. The molecule has 0 radical (unpaired) electrons. The van der Waals surface area contributed by atoms with Gasteiger partial charge in [0.05, 0.1) is 4.90 Å². The third-order valence-corrected chi connectivity index (χ3v) is 5.80. The molecule has 4 nitrogen and oxygen atoms in total. The highest BCUT2D eigenvalue weighted by Gasteiger charge is 2.15. The number of benzene rings is 1. The lowest BCUT2D eigenvalue weighted by molar-refractivity contribution is 0.581. The predicted molar refractivity (Wildman–Crippen MR) is 89.9 cm³/mol. The van der Waals surface area contributed by atoms with Crippen molar-refractivity contribution in [3.63, 3.8) is 0 Å². The Hall–Kier alpha value is -0.730. The molecular weight excluding hydrogens is 372 g/mol. The van der Waals surface area contributed by atoms with Crippen molar-refractivity contribution in [2.45, 2.75) is 24.9 Å². The van der Waals surface area contributed by atoms with Gasteiger partial charge in [-0.05, 0) is 30.3 Å². The smallest absolute Gasteiger partial charge is 0.241 e. The van der Waals surface area contributed by atoms with Gasteiger partial charge in [-0.15, -0.1) is 11.3 Å². The zero-order valence-electron chi connectivity index (χ0n) is 11.6. The van der Waals surface area contributed by atoms with Crippen molar-refractivity contribution >= 4 is 37.3 Å². The average molecular weight is 389 g/mol. The minimum Gasteiger partial charge on any atom is -0.312 e. The van der Waals surface area contributed by atoms with Crippen LogP contribution in [0.1, 0.15) is 17.4 Å². The average Bonchev–Trinajstić information content (AvgIpc) is 2.93. The first-order valence-corrected chi connectivity index (χ1v) is 9.69. The molecule has 0 fully saturated rings. The van der Waals surface area contributed by atoms with Crippen LogP contribution < -0.4 is 10.0 Å². The maximum atomic E-state index is 12.2. The molecule has 114 valence electrons. The number of halogens is 1. The van der Waals surface area contributed by atoms with E-state index in [0.29, 0.717) is 11.4 Å². The summed E-state index contributed by atoms with van der Waals surface area (Å²) >= 11 is 4.82. The highest BCUT2D eigenvalue weighted by molar-refractivity contribution is 9.10. The van der Waals surface area contributed by atoms with E-state index in [-0.39, 0.29) is 6.54 Å². The molecule has 1 heterocycles. The van der Waals surface area contributed by atoms with E-state index in [2.05, 4.69) is 26.0 Å². The van der Waals surface area contributed by atoms with Crippen LogP contribution in [0.4, 0.5) is 0 Å². The molecule has 2 aromatic rings. The normalized spacial score (nSPS) is 11.7. The number of rotatable bonds is 7. The first-order chi connectivity index (χ1) is 10.0. The molecule has 0 unspecified atom stereocenters. The van der Waals surface area contributed by atoms with Gasteiger partial charge in [0.25, 0.3) is 0 Å². The summed E-state index contributed by atoms with van der Waals surface area (Å²) < 4.78 is 28.0. The van der Waals surface area contributed by atoms with Gasteiger partial charge in [0.2, 0.25) is 10.0 Å². The second kappa shape index (κ2) is 7.51. The fraction of sp³-hybridized carbons (Fsp3) is 0.286. The Kier molecular flexibility index (Phi) is 5.95. The van der Waals surface area contributed by atoms with Crippen LogP contribution in [0.2, 0.25) is 0 Å². The summed E-state index contributed by atoms with van der Waals surface area (Å²) in [6.45, 7) is 3.86. The second-order valence-electron chi connectivity index (χ2n) is 4.48. The zero-order valence-corrected chi connectivity index (χ0v) is 14.8. The Morgan fingerprint density at radius 3 is 2.76 bits per heavy atom. The molecule has 0 saturated carbocycles. The Labute approximate surface area is 137 Å². The predicted octanol–water partition coefficient (Wildman–Crippen LogP) is 3.10.